The molecular formula is C17H21N3O. The van der Waals surface area contributed by atoms with Crippen molar-refractivity contribution in [2.75, 3.05) is 12.3 Å². The molecule has 2 rings (SSSR count). The number of hydrogen-bond acceptors (Lipinski definition) is 3. The van der Waals surface area contributed by atoms with Gasteiger partial charge in [0.05, 0.1) is 13.2 Å². The van der Waals surface area contributed by atoms with Crippen LogP contribution >= 0.6 is 0 Å². The lowest BCUT2D eigenvalue weighted by Crippen LogP contribution is -2.06. The molecular weight excluding hydrogens is 262 g/mol. The minimum atomic E-state index is 0.435. The highest BCUT2D eigenvalue weighted by molar-refractivity contribution is 5.76. The minimum Gasteiger partial charge on any atom is -0.493 e. The summed E-state index contributed by atoms with van der Waals surface area (Å²) in [6.45, 7) is 5.10. The van der Waals surface area contributed by atoms with Crippen molar-refractivity contribution in [3.05, 3.63) is 30.1 Å². The number of ether oxygens (including phenoxy) is 1. The van der Waals surface area contributed by atoms with E-state index in [4.69, 9.17) is 21.9 Å². The summed E-state index contributed by atoms with van der Waals surface area (Å²) in [6, 6.07) is 7.80. The molecule has 110 valence electrons. The number of aryl methyl sites for hydroxylation is 1. The first-order chi connectivity index (χ1) is 10.2. The van der Waals surface area contributed by atoms with Gasteiger partial charge in [-0.05, 0) is 25.5 Å². The number of anilines is 1. The molecule has 1 heterocycles. The topological polar surface area (TPSA) is 53.1 Å². The van der Waals surface area contributed by atoms with Crippen LogP contribution in [-0.2, 0) is 13.0 Å². The Bertz CT molecular complexity index is 653. The second-order valence-electron chi connectivity index (χ2n) is 4.73. The maximum Gasteiger partial charge on any atom is 0.132 e. The minimum absolute atomic E-state index is 0.435. The summed E-state index contributed by atoms with van der Waals surface area (Å²) in [5, 5.41) is 0. The van der Waals surface area contributed by atoms with E-state index in [0.29, 0.717) is 19.0 Å². The monoisotopic (exact) mass is 283 g/mol. The van der Waals surface area contributed by atoms with Crippen molar-refractivity contribution in [2.24, 2.45) is 0 Å². The van der Waals surface area contributed by atoms with E-state index in [9.17, 15) is 0 Å². The average Bonchev–Trinajstić information content (AvgIpc) is 2.78. The Hall–Kier alpha value is -2.41. The molecule has 0 bridgehead atoms. The van der Waals surface area contributed by atoms with Crippen LogP contribution < -0.4 is 10.5 Å². The highest BCUT2D eigenvalue weighted by Gasteiger charge is 2.17. The second kappa shape index (κ2) is 6.85. The molecule has 0 amide bonds. The van der Waals surface area contributed by atoms with Gasteiger partial charge in [0.15, 0.2) is 0 Å². The Morgan fingerprint density at radius 1 is 1.33 bits per heavy atom. The molecule has 0 spiro atoms. The highest BCUT2D eigenvalue weighted by Crippen LogP contribution is 2.33. The zero-order chi connectivity index (χ0) is 15.2. The molecule has 0 aliphatic carbocycles. The predicted molar refractivity (Wildman–Crippen MR) is 86.1 cm³/mol. The summed E-state index contributed by atoms with van der Waals surface area (Å²) in [4.78, 5) is 4.69. The molecule has 1 aromatic carbocycles. The molecule has 2 N–H and O–H groups in total. The molecule has 0 radical (unpaired) electrons. The van der Waals surface area contributed by atoms with Gasteiger partial charge in [-0.15, -0.1) is 6.42 Å². The normalized spacial score (nSPS) is 10.3. The summed E-state index contributed by atoms with van der Waals surface area (Å²) in [7, 11) is 0. The van der Waals surface area contributed by atoms with Crippen molar-refractivity contribution >= 4 is 5.82 Å². The Morgan fingerprint density at radius 2 is 2.10 bits per heavy atom. The lowest BCUT2D eigenvalue weighted by molar-refractivity contribution is 0.341. The number of para-hydroxylation sites is 1. The summed E-state index contributed by atoms with van der Waals surface area (Å²) in [5.74, 6) is 4.96. The summed E-state index contributed by atoms with van der Waals surface area (Å²) in [6.07, 6.45) is 7.28. The first kappa shape index (κ1) is 15.0. The van der Waals surface area contributed by atoms with E-state index in [1.54, 1.807) is 0 Å². The number of benzene rings is 1. The SMILES string of the molecule is C#CCn1c(CCC)nc(-c2ccccc2OCC)c1N. The van der Waals surface area contributed by atoms with E-state index < -0.39 is 0 Å². The molecule has 4 heteroatoms. The van der Waals surface area contributed by atoms with Gasteiger partial charge >= 0.3 is 0 Å². The van der Waals surface area contributed by atoms with Crippen LogP contribution in [0.1, 0.15) is 26.1 Å². The average molecular weight is 283 g/mol. The van der Waals surface area contributed by atoms with E-state index in [0.717, 1.165) is 35.7 Å². The number of nitrogen functional groups attached to an aromatic ring is 1. The molecule has 0 unspecified atom stereocenters. The molecule has 0 saturated carbocycles. The molecule has 0 aliphatic rings. The van der Waals surface area contributed by atoms with Crippen molar-refractivity contribution in [3.63, 3.8) is 0 Å². The fourth-order valence-corrected chi connectivity index (χ4v) is 2.34. The van der Waals surface area contributed by atoms with Crippen molar-refractivity contribution in [1.29, 1.82) is 0 Å². The third-order valence-corrected chi connectivity index (χ3v) is 3.25. The number of nitrogens with two attached hydrogens (primary N) is 1. The first-order valence-corrected chi connectivity index (χ1v) is 7.23. The Morgan fingerprint density at radius 3 is 2.76 bits per heavy atom. The van der Waals surface area contributed by atoms with Crippen LogP contribution in [0.3, 0.4) is 0 Å². The van der Waals surface area contributed by atoms with Gasteiger partial charge in [-0.1, -0.05) is 25.0 Å². The van der Waals surface area contributed by atoms with Gasteiger partial charge in [-0.3, -0.25) is 0 Å². The van der Waals surface area contributed by atoms with Gasteiger partial charge in [0.25, 0.3) is 0 Å². The zero-order valence-electron chi connectivity index (χ0n) is 12.6. The molecule has 1 aromatic heterocycles. The van der Waals surface area contributed by atoms with E-state index in [-0.39, 0.29) is 0 Å². The van der Waals surface area contributed by atoms with Gasteiger partial charge in [0.1, 0.15) is 23.1 Å². The predicted octanol–water partition coefficient (Wildman–Crippen LogP) is 3.12. The third-order valence-electron chi connectivity index (χ3n) is 3.25. The number of imidazole rings is 1. The third kappa shape index (κ3) is 3.03. The van der Waals surface area contributed by atoms with Crippen LogP contribution in [0, 0.1) is 12.3 Å². The molecule has 2 aromatic rings. The molecule has 21 heavy (non-hydrogen) atoms. The molecule has 0 atom stereocenters. The second-order valence-corrected chi connectivity index (χ2v) is 4.73. The maximum absolute atomic E-state index is 6.27. The Kier molecular flexibility index (Phi) is 4.89. The highest BCUT2D eigenvalue weighted by atomic mass is 16.5. The smallest absolute Gasteiger partial charge is 0.132 e. The quantitative estimate of drug-likeness (QED) is 0.829. The summed E-state index contributed by atoms with van der Waals surface area (Å²) >= 11 is 0. The number of hydrogen-bond donors (Lipinski definition) is 1. The van der Waals surface area contributed by atoms with Crippen molar-refractivity contribution < 1.29 is 4.74 Å². The van der Waals surface area contributed by atoms with Crippen LogP contribution in [0.25, 0.3) is 11.3 Å². The van der Waals surface area contributed by atoms with Gasteiger partial charge in [-0.2, -0.15) is 0 Å². The fraction of sp³-hybridized carbons (Fsp3) is 0.353. The van der Waals surface area contributed by atoms with Gasteiger partial charge < -0.3 is 15.0 Å². The fourth-order valence-electron chi connectivity index (χ4n) is 2.34. The molecule has 0 saturated heterocycles. The number of terminal acetylenes is 1. The first-order valence-electron chi connectivity index (χ1n) is 7.23. The number of nitrogens with zero attached hydrogens (tertiary/aromatic N) is 2. The van der Waals surface area contributed by atoms with Crippen LogP contribution in [0.2, 0.25) is 0 Å². The van der Waals surface area contributed by atoms with Crippen LogP contribution in [-0.4, -0.2) is 16.2 Å². The van der Waals surface area contributed by atoms with Gasteiger partial charge in [0, 0.05) is 12.0 Å². The van der Waals surface area contributed by atoms with E-state index in [1.165, 1.54) is 0 Å². The molecule has 0 aliphatic heterocycles. The number of aromatic nitrogens is 2. The maximum atomic E-state index is 6.27. The van der Waals surface area contributed by atoms with Crippen LogP contribution in [0.5, 0.6) is 5.75 Å². The number of rotatable bonds is 6. The molecule has 0 fully saturated rings. The van der Waals surface area contributed by atoms with Crippen LogP contribution in [0.4, 0.5) is 5.82 Å². The van der Waals surface area contributed by atoms with Crippen molar-refractivity contribution in [1.82, 2.24) is 9.55 Å². The van der Waals surface area contributed by atoms with Crippen molar-refractivity contribution in [2.45, 2.75) is 33.2 Å². The van der Waals surface area contributed by atoms with Crippen LogP contribution in [0.15, 0.2) is 24.3 Å². The lowest BCUT2D eigenvalue weighted by atomic mass is 10.1. The van der Waals surface area contributed by atoms with E-state index in [2.05, 4.69) is 12.8 Å². The Balaban J connectivity index is 2.54. The summed E-state index contributed by atoms with van der Waals surface area (Å²) in [5.41, 5.74) is 7.92. The standard InChI is InChI=1S/C17H21N3O/c1-4-9-15-19-16(17(18)20(15)12-5-2)13-10-7-8-11-14(13)21-6-3/h2,7-8,10-11H,4,6,9,12,18H2,1,3H3. The largest absolute Gasteiger partial charge is 0.493 e. The van der Waals surface area contributed by atoms with E-state index >= 15 is 0 Å². The summed E-state index contributed by atoms with van der Waals surface area (Å²) < 4.78 is 7.57. The molecule has 4 nitrogen and oxygen atoms in total. The van der Waals surface area contributed by atoms with E-state index in [1.807, 2.05) is 35.8 Å². The zero-order valence-corrected chi connectivity index (χ0v) is 12.6. The van der Waals surface area contributed by atoms with Gasteiger partial charge in [0.2, 0.25) is 0 Å². The van der Waals surface area contributed by atoms with Gasteiger partial charge in [-0.25, -0.2) is 4.98 Å². The lowest BCUT2D eigenvalue weighted by Gasteiger charge is -2.09. The van der Waals surface area contributed by atoms with Crippen molar-refractivity contribution in [3.8, 4) is 29.4 Å². The Labute approximate surface area is 125 Å².